The standard InChI is InChI=1S/C24H26FN7O3/c1-26-21-9-18(29-23-14(10-28-32(21)23)24(34)30-17-4-5-20(17)33)15-11-31(19-6-8-35-12-16(19)25)22-13(15)3-2-7-27-22/h2-3,7,9-11,16-17,19-20,26,33H,4-6,8,12H2,1H3,(H,30,34)/t16-,17?,19-,20+/m0/s1. The van der Waals surface area contributed by atoms with Crippen molar-refractivity contribution in [2.24, 2.45) is 0 Å². The number of anilines is 1. The number of alkyl halides is 1. The third kappa shape index (κ3) is 3.62. The molecule has 2 aliphatic rings. The molecule has 1 unspecified atom stereocenters. The molecule has 4 aromatic rings. The topological polar surface area (TPSA) is 119 Å². The zero-order chi connectivity index (χ0) is 24.1. The number of carbonyl (C=O) groups excluding carboxylic acids is 1. The average Bonchev–Trinajstić information content (AvgIpc) is 3.48. The SMILES string of the molecule is CNc1cc(-c2cn([C@H]3CCOC[C@@H]3F)c3ncccc23)nc2c(C(=O)NC3CC[C@H]3O)cnn12. The van der Waals surface area contributed by atoms with Gasteiger partial charge in [-0.25, -0.2) is 14.4 Å². The summed E-state index contributed by atoms with van der Waals surface area (Å²) >= 11 is 0. The van der Waals surface area contributed by atoms with Crippen molar-refractivity contribution in [2.75, 3.05) is 25.6 Å². The maximum atomic E-state index is 14.8. The van der Waals surface area contributed by atoms with Crippen molar-refractivity contribution in [2.45, 2.75) is 43.6 Å². The highest BCUT2D eigenvalue weighted by molar-refractivity contribution is 6.01. The van der Waals surface area contributed by atoms with Gasteiger partial charge in [-0.2, -0.15) is 9.61 Å². The summed E-state index contributed by atoms with van der Waals surface area (Å²) in [5, 5.41) is 21.0. The number of rotatable bonds is 5. The first-order chi connectivity index (χ1) is 17.0. The second-order valence-electron chi connectivity index (χ2n) is 9.07. The van der Waals surface area contributed by atoms with Gasteiger partial charge in [-0.3, -0.25) is 4.79 Å². The van der Waals surface area contributed by atoms with Crippen molar-refractivity contribution in [1.29, 1.82) is 0 Å². The summed E-state index contributed by atoms with van der Waals surface area (Å²) < 4.78 is 23.5. The first-order valence-electron chi connectivity index (χ1n) is 11.8. The molecule has 1 saturated carbocycles. The molecule has 4 atom stereocenters. The van der Waals surface area contributed by atoms with E-state index in [1.54, 1.807) is 17.8 Å². The van der Waals surface area contributed by atoms with Crippen LogP contribution >= 0.6 is 0 Å². The fourth-order valence-corrected chi connectivity index (χ4v) is 4.88. The predicted molar refractivity (Wildman–Crippen MR) is 127 cm³/mol. The summed E-state index contributed by atoms with van der Waals surface area (Å²) in [6.45, 7) is 0.551. The number of hydrogen-bond donors (Lipinski definition) is 3. The summed E-state index contributed by atoms with van der Waals surface area (Å²) in [6, 6.07) is 4.98. The van der Waals surface area contributed by atoms with E-state index in [0.717, 1.165) is 17.4 Å². The van der Waals surface area contributed by atoms with Crippen molar-refractivity contribution in [3.05, 3.63) is 42.4 Å². The van der Waals surface area contributed by atoms with Gasteiger partial charge < -0.3 is 25.0 Å². The Morgan fingerprint density at radius 1 is 1.29 bits per heavy atom. The molecule has 11 heteroatoms. The molecule has 0 aromatic carbocycles. The van der Waals surface area contributed by atoms with Gasteiger partial charge >= 0.3 is 0 Å². The van der Waals surface area contributed by atoms with Gasteiger partial charge in [-0.1, -0.05) is 0 Å². The Morgan fingerprint density at radius 3 is 2.91 bits per heavy atom. The molecule has 2 fully saturated rings. The van der Waals surface area contributed by atoms with Crippen LogP contribution in [0.1, 0.15) is 35.7 Å². The molecule has 1 aliphatic heterocycles. The smallest absolute Gasteiger partial charge is 0.257 e. The van der Waals surface area contributed by atoms with Gasteiger partial charge in [0, 0.05) is 43.1 Å². The summed E-state index contributed by atoms with van der Waals surface area (Å²) in [4.78, 5) is 22.3. The van der Waals surface area contributed by atoms with Gasteiger partial charge in [0.05, 0.1) is 36.7 Å². The number of hydrogen-bond acceptors (Lipinski definition) is 7. The van der Waals surface area contributed by atoms with Crippen molar-refractivity contribution < 1.29 is 19.0 Å². The van der Waals surface area contributed by atoms with Crippen LogP contribution in [0.2, 0.25) is 0 Å². The van der Waals surface area contributed by atoms with Crippen LogP contribution in [-0.2, 0) is 4.74 Å². The van der Waals surface area contributed by atoms with Gasteiger partial charge in [0.2, 0.25) is 0 Å². The monoisotopic (exact) mass is 479 g/mol. The molecular formula is C24H26FN7O3. The van der Waals surface area contributed by atoms with E-state index in [1.807, 2.05) is 29.0 Å². The number of aliphatic hydroxyl groups excluding tert-OH is 1. The van der Waals surface area contributed by atoms with E-state index < -0.39 is 12.3 Å². The molecule has 0 spiro atoms. The lowest BCUT2D eigenvalue weighted by Crippen LogP contribution is -2.50. The number of pyridine rings is 1. The first kappa shape index (κ1) is 21.9. The number of halogens is 1. The lowest BCUT2D eigenvalue weighted by Gasteiger charge is -2.32. The molecule has 1 saturated heterocycles. The van der Waals surface area contributed by atoms with Crippen LogP contribution < -0.4 is 10.6 Å². The number of aromatic nitrogens is 5. The highest BCUT2D eigenvalue weighted by Crippen LogP contribution is 2.35. The number of ether oxygens (including phenoxy) is 1. The van der Waals surface area contributed by atoms with E-state index in [9.17, 15) is 14.3 Å². The predicted octanol–water partition coefficient (Wildman–Crippen LogP) is 2.34. The summed E-state index contributed by atoms with van der Waals surface area (Å²) in [5.41, 5.74) is 2.78. The summed E-state index contributed by atoms with van der Waals surface area (Å²) in [7, 11) is 1.77. The Kier molecular flexibility index (Phi) is 5.37. The number of nitrogens with zero attached hydrogens (tertiary/aromatic N) is 5. The zero-order valence-electron chi connectivity index (χ0n) is 19.2. The number of nitrogens with one attached hydrogen (secondary N) is 2. The number of amides is 1. The van der Waals surface area contributed by atoms with Crippen LogP contribution in [-0.4, -0.2) is 73.7 Å². The van der Waals surface area contributed by atoms with E-state index in [0.29, 0.717) is 47.8 Å². The van der Waals surface area contributed by atoms with E-state index in [1.165, 1.54) is 6.20 Å². The van der Waals surface area contributed by atoms with Gasteiger partial charge in [0.1, 0.15) is 23.2 Å². The maximum Gasteiger partial charge on any atom is 0.257 e. The molecule has 1 aliphatic carbocycles. The summed E-state index contributed by atoms with van der Waals surface area (Å²) in [5.74, 6) is 0.314. The van der Waals surface area contributed by atoms with Crippen molar-refractivity contribution >= 4 is 28.4 Å². The fourth-order valence-electron chi connectivity index (χ4n) is 4.88. The average molecular weight is 480 g/mol. The molecule has 182 valence electrons. The van der Waals surface area contributed by atoms with E-state index >= 15 is 0 Å². The molecule has 4 aromatic heterocycles. The molecule has 0 bridgehead atoms. The zero-order valence-corrected chi connectivity index (χ0v) is 19.2. The van der Waals surface area contributed by atoms with Crippen LogP contribution in [0.5, 0.6) is 0 Å². The largest absolute Gasteiger partial charge is 0.391 e. The third-order valence-electron chi connectivity index (χ3n) is 7.00. The van der Waals surface area contributed by atoms with Gasteiger partial charge in [0.15, 0.2) is 5.65 Å². The van der Waals surface area contributed by atoms with Crippen molar-refractivity contribution in [1.82, 2.24) is 29.5 Å². The highest BCUT2D eigenvalue weighted by atomic mass is 19.1. The van der Waals surface area contributed by atoms with E-state index in [4.69, 9.17) is 9.72 Å². The minimum Gasteiger partial charge on any atom is -0.391 e. The lowest BCUT2D eigenvalue weighted by molar-refractivity contribution is 0.00443. The quantitative estimate of drug-likeness (QED) is 0.402. The van der Waals surface area contributed by atoms with Crippen LogP contribution in [0.15, 0.2) is 36.8 Å². The Morgan fingerprint density at radius 2 is 2.17 bits per heavy atom. The fraction of sp³-hybridized carbons (Fsp3) is 0.417. The van der Waals surface area contributed by atoms with Gasteiger partial charge in [0.25, 0.3) is 5.91 Å². The van der Waals surface area contributed by atoms with E-state index in [2.05, 4.69) is 20.7 Å². The number of aliphatic hydroxyl groups is 1. The molecule has 1 amide bonds. The third-order valence-corrected chi connectivity index (χ3v) is 7.00. The second-order valence-corrected chi connectivity index (χ2v) is 9.07. The minimum atomic E-state index is -1.13. The second kappa shape index (κ2) is 8.58. The normalized spacial score (nSPS) is 24.4. The van der Waals surface area contributed by atoms with Gasteiger partial charge in [-0.15, -0.1) is 0 Å². The Labute approximate surface area is 200 Å². The van der Waals surface area contributed by atoms with Crippen molar-refractivity contribution in [3.63, 3.8) is 0 Å². The lowest BCUT2D eigenvalue weighted by atomic mass is 9.89. The first-order valence-corrected chi connectivity index (χ1v) is 11.8. The Hall–Kier alpha value is -3.57. The van der Waals surface area contributed by atoms with Crippen LogP contribution in [0.3, 0.4) is 0 Å². The number of carbonyl (C=O) groups is 1. The highest BCUT2D eigenvalue weighted by Gasteiger charge is 2.32. The van der Waals surface area contributed by atoms with Gasteiger partial charge in [-0.05, 0) is 31.4 Å². The number of fused-ring (bicyclic) bond motifs is 2. The molecule has 3 N–H and O–H groups in total. The molecular weight excluding hydrogens is 453 g/mol. The Bertz CT molecular complexity index is 1420. The minimum absolute atomic E-state index is 0.0601. The van der Waals surface area contributed by atoms with Crippen molar-refractivity contribution in [3.8, 4) is 11.3 Å². The van der Waals surface area contributed by atoms with Crippen LogP contribution in [0, 0.1) is 0 Å². The van der Waals surface area contributed by atoms with Crippen LogP contribution in [0.25, 0.3) is 27.9 Å². The van der Waals surface area contributed by atoms with Crippen LogP contribution in [0.4, 0.5) is 10.2 Å². The molecule has 35 heavy (non-hydrogen) atoms. The van der Waals surface area contributed by atoms with E-state index in [-0.39, 0.29) is 24.6 Å². The molecule has 0 radical (unpaired) electrons. The maximum absolute atomic E-state index is 14.8. The Balaban J connectivity index is 1.47. The molecule has 5 heterocycles. The summed E-state index contributed by atoms with van der Waals surface area (Å²) in [6.07, 6.45) is 5.36. The molecule has 6 rings (SSSR count). The molecule has 10 nitrogen and oxygen atoms in total.